The van der Waals surface area contributed by atoms with E-state index in [-0.39, 0.29) is 30.7 Å². The summed E-state index contributed by atoms with van der Waals surface area (Å²) in [5, 5.41) is 2.81. The Balaban J connectivity index is 1.46. The number of fused-ring (bicyclic) bond motifs is 1. The van der Waals surface area contributed by atoms with Crippen LogP contribution in [0, 0.1) is 0 Å². The lowest BCUT2D eigenvalue weighted by atomic mass is 10.1. The Morgan fingerprint density at radius 1 is 1.00 bits per heavy atom. The molecule has 140 valence electrons. The number of amides is 3. The fourth-order valence-electron chi connectivity index (χ4n) is 2.92. The predicted octanol–water partition coefficient (Wildman–Crippen LogP) is 3.49. The van der Waals surface area contributed by atoms with Crippen LogP contribution in [0.15, 0.2) is 48.5 Å². The SMILES string of the molecule is CCCOc1ccc(NC(=O)CCCN2C(=O)c3ccccc3C2=O)cc1. The molecule has 0 aliphatic carbocycles. The zero-order valence-electron chi connectivity index (χ0n) is 15.2. The van der Waals surface area contributed by atoms with Gasteiger partial charge in [0.25, 0.3) is 11.8 Å². The number of hydrogen-bond acceptors (Lipinski definition) is 4. The first kappa shape index (κ1) is 18.6. The van der Waals surface area contributed by atoms with Gasteiger partial charge in [0.1, 0.15) is 5.75 Å². The third kappa shape index (κ3) is 4.34. The normalized spacial score (nSPS) is 12.9. The smallest absolute Gasteiger partial charge is 0.261 e. The molecule has 0 bridgehead atoms. The van der Waals surface area contributed by atoms with E-state index in [2.05, 4.69) is 5.32 Å². The van der Waals surface area contributed by atoms with Crippen molar-refractivity contribution in [3.63, 3.8) is 0 Å². The number of imide groups is 1. The molecule has 0 fully saturated rings. The van der Waals surface area contributed by atoms with E-state index in [1.54, 1.807) is 36.4 Å². The van der Waals surface area contributed by atoms with Crippen LogP contribution in [0.4, 0.5) is 5.69 Å². The minimum atomic E-state index is -0.293. The van der Waals surface area contributed by atoms with Crippen LogP contribution in [0.25, 0.3) is 0 Å². The molecular weight excluding hydrogens is 344 g/mol. The van der Waals surface area contributed by atoms with Crippen LogP contribution in [-0.4, -0.2) is 35.8 Å². The Morgan fingerprint density at radius 2 is 1.63 bits per heavy atom. The van der Waals surface area contributed by atoms with Crippen molar-refractivity contribution in [2.75, 3.05) is 18.5 Å². The van der Waals surface area contributed by atoms with Crippen LogP contribution < -0.4 is 10.1 Å². The molecule has 0 radical (unpaired) electrons. The van der Waals surface area contributed by atoms with E-state index in [0.717, 1.165) is 12.2 Å². The van der Waals surface area contributed by atoms with Crippen molar-refractivity contribution in [1.82, 2.24) is 4.90 Å². The summed E-state index contributed by atoms with van der Waals surface area (Å²) in [6.45, 7) is 2.92. The molecule has 3 amide bonds. The number of benzene rings is 2. The number of rotatable bonds is 8. The lowest BCUT2D eigenvalue weighted by Crippen LogP contribution is -2.31. The molecule has 1 aliphatic heterocycles. The maximum Gasteiger partial charge on any atom is 0.261 e. The minimum absolute atomic E-state index is 0.158. The molecule has 0 saturated carbocycles. The van der Waals surface area contributed by atoms with Gasteiger partial charge in [-0.05, 0) is 49.2 Å². The highest BCUT2D eigenvalue weighted by Gasteiger charge is 2.34. The third-order valence-electron chi connectivity index (χ3n) is 4.27. The van der Waals surface area contributed by atoms with Crippen LogP contribution in [0.2, 0.25) is 0 Å². The van der Waals surface area contributed by atoms with Gasteiger partial charge in [-0.2, -0.15) is 0 Å². The van der Waals surface area contributed by atoms with Crippen molar-refractivity contribution < 1.29 is 19.1 Å². The number of hydrogen-bond donors (Lipinski definition) is 1. The van der Waals surface area contributed by atoms with Gasteiger partial charge in [0, 0.05) is 18.7 Å². The molecule has 0 saturated heterocycles. The van der Waals surface area contributed by atoms with Crippen LogP contribution in [0.1, 0.15) is 46.9 Å². The van der Waals surface area contributed by atoms with Crippen LogP contribution in [0.5, 0.6) is 5.75 Å². The molecule has 3 rings (SSSR count). The predicted molar refractivity (Wildman–Crippen MR) is 102 cm³/mol. The average Bonchev–Trinajstić information content (AvgIpc) is 2.92. The Labute approximate surface area is 158 Å². The van der Waals surface area contributed by atoms with Gasteiger partial charge in [-0.15, -0.1) is 0 Å². The summed E-state index contributed by atoms with van der Waals surface area (Å²) in [6, 6.07) is 14.0. The standard InChI is InChI=1S/C21H22N2O4/c1-2-14-27-16-11-9-15(10-12-16)22-19(24)8-5-13-23-20(25)17-6-3-4-7-18(17)21(23)26/h3-4,6-7,9-12H,2,5,8,13-14H2,1H3,(H,22,24). The fraction of sp³-hybridized carbons (Fsp3) is 0.286. The highest BCUT2D eigenvalue weighted by atomic mass is 16.5. The number of ether oxygens (including phenoxy) is 1. The molecule has 6 nitrogen and oxygen atoms in total. The van der Waals surface area contributed by atoms with Gasteiger partial charge in [-0.3, -0.25) is 19.3 Å². The third-order valence-corrected chi connectivity index (χ3v) is 4.27. The summed E-state index contributed by atoms with van der Waals surface area (Å²) >= 11 is 0. The van der Waals surface area contributed by atoms with E-state index in [1.165, 1.54) is 4.90 Å². The summed E-state index contributed by atoms with van der Waals surface area (Å²) < 4.78 is 5.50. The molecule has 0 unspecified atom stereocenters. The topological polar surface area (TPSA) is 75.7 Å². The summed E-state index contributed by atoms with van der Waals surface area (Å²) in [5.74, 6) is 0.0201. The largest absolute Gasteiger partial charge is 0.494 e. The molecule has 27 heavy (non-hydrogen) atoms. The maximum absolute atomic E-state index is 12.3. The highest BCUT2D eigenvalue weighted by Crippen LogP contribution is 2.22. The van der Waals surface area contributed by atoms with Crippen LogP contribution in [0.3, 0.4) is 0 Å². The van der Waals surface area contributed by atoms with Crippen molar-refractivity contribution in [3.05, 3.63) is 59.7 Å². The van der Waals surface area contributed by atoms with Gasteiger partial charge in [0.15, 0.2) is 0 Å². The zero-order chi connectivity index (χ0) is 19.2. The maximum atomic E-state index is 12.3. The number of nitrogens with one attached hydrogen (secondary N) is 1. The molecule has 1 aliphatic rings. The molecule has 0 atom stereocenters. The first-order valence-corrected chi connectivity index (χ1v) is 9.08. The van der Waals surface area contributed by atoms with Crippen molar-refractivity contribution in [1.29, 1.82) is 0 Å². The van der Waals surface area contributed by atoms with E-state index in [4.69, 9.17) is 4.74 Å². The number of carbonyl (C=O) groups is 3. The van der Waals surface area contributed by atoms with E-state index >= 15 is 0 Å². The fourth-order valence-corrected chi connectivity index (χ4v) is 2.92. The molecule has 1 N–H and O–H groups in total. The number of anilines is 1. The van der Waals surface area contributed by atoms with Crippen molar-refractivity contribution in [3.8, 4) is 5.75 Å². The van der Waals surface area contributed by atoms with E-state index < -0.39 is 0 Å². The van der Waals surface area contributed by atoms with E-state index in [0.29, 0.717) is 29.8 Å². The van der Waals surface area contributed by atoms with Crippen molar-refractivity contribution in [2.45, 2.75) is 26.2 Å². The molecule has 6 heteroatoms. The zero-order valence-corrected chi connectivity index (χ0v) is 15.2. The number of nitrogens with zero attached hydrogens (tertiary/aromatic N) is 1. The van der Waals surface area contributed by atoms with Crippen LogP contribution in [-0.2, 0) is 4.79 Å². The molecule has 0 aromatic heterocycles. The van der Waals surface area contributed by atoms with E-state index in [9.17, 15) is 14.4 Å². The Morgan fingerprint density at radius 3 is 2.22 bits per heavy atom. The second kappa shape index (κ2) is 8.49. The lowest BCUT2D eigenvalue weighted by molar-refractivity contribution is -0.116. The molecule has 1 heterocycles. The van der Waals surface area contributed by atoms with Gasteiger partial charge < -0.3 is 10.1 Å². The Hall–Kier alpha value is -3.15. The quantitative estimate of drug-likeness (QED) is 0.726. The van der Waals surface area contributed by atoms with Crippen molar-refractivity contribution in [2.24, 2.45) is 0 Å². The first-order valence-electron chi connectivity index (χ1n) is 9.08. The Kier molecular flexibility index (Phi) is 5.86. The monoisotopic (exact) mass is 366 g/mol. The molecule has 0 spiro atoms. The molecular formula is C21H22N2O4. The minimum Gasteiger partial charge on any atom is -0.494 e. The summed E-state index contributed by atoms with van der Waals surface area (Å²) in [7, 11) is 0. The van der Waals surface area contributed by atoms with E-state index in [1.807, 2.05) is 19.1 Å². The second-order valence-corrected chi connectivity index (χ2v) is 6.33. The van der Waals surface area contributed by atoms with Gasteiger partial charge in [-0.25, -0.2) is 0 Å². The Bertz CT molecular complexity index is 811. The lowest BCUT2D eigenvalue weighted by Gasteiger charge is -2.13. The summed E-state index contributed by atoms with van der Waals surface area (Å²) in [4.78, 5) is 37.8. The van der Waals surface area contributed by atoms with Gasteiger partial charge in [0.05, 0.1) is 17.7 Å². The van der Waals surface area contributed by atoms with Gasteiger partial charge >= 0.3 is 0 Å². The summed E-state index contributed by atoms with van der Waals surface area (Å²) in [6.07, 6.45) is 1.57. The first-order chi connectivity index (χ1) is 13.1. The highest BCUT2D eigenvalue weighted by molar-refractivity contribution is 6.21. The average molecular weight is 366 g/mol. The number of carbonyl (C=O) groups excluding carboxylic acids is 3. The van der Waals surface area contributed by atoms with Crippen LogP contribution >= 0.6 is 0 Å². The summed E-state index contributed by atoms with van der Waals surface area (Å²) in [5.41, 5.74) is 1.54. The van der Waals surface area contributed by atoms with Gasteiger partial charge in [-0.1, -0.05) is 19.1 Å². The molecule has 2 aromatic rings. The van der Waals surface area contributed by atoms with Gasteiger partial charge in [0.2, 0.25) is 5.91 Å². The second-order valence-electron chi connectivity index (χ2n) is 6.33. The van der Waals surface area contributed by atoms with Crippen molar-refractivity contribution >= 4 is 23.4 Å². The molecule has 2 aromatic carbocycles.